The first kappa shape index (κ1) is 17.8. The van der Waals surface area contributed by atoms with Crippen molar-refractivity contribution in [3.63, 3.8) is 0 Å². The minimum Gasteiger partial charge on any atom is -0.352 e. The van der Waals surface area contributed by atoms with Gasteiger partial charge in [-0.05, 0) is 34.0 Å². The Balaban J connectivity index is 3.11. The summed E-state index contributed by atoms with van der Waals surface area (Å²) in [6.07, 6.45) is 0.924. The van der Waals surface area contributed by atoms with Gasteiger partial charge in [-0.2, -0.15) is 0 Å². The molecular weight excluding hydrogens is 389 g/mol. The molecule has 1 aromatic rings. The maximum atomic E-state index is 12.1. The van der Waals surface area contributed by atoms with Gasteiger partial charge >= 0.3 is 0 Å². The summed E-state index contributed by atoms with van der Waals surface area (Å²) >= 11 is 9.13. The summed E-state index contributed by atoms with van der Waals surface area (Å²) in [6.45, 7) is 4.50. The summed E-state index contributed by atoms with van der Waals surface area (Å²) in [6, 6.07) is 2.43. The Morgan fingerprint density at radius 3 is 2.55 bits per heavy atom. The van der Waals surface area contributed by atoms with Crippen LogP contribution in [0.1, 0.15) is 30.6 Å². The van der Waals surface area contributed by atoms with Crippen LogP contribution in [-0.4, -0.2) is 20.9 Å². The van der Waals surface area contributed by atoms with Gasteiger partial charge in [0.25, 0.3) is 15.0 Å². The van der Waals surface area contributed by atoms with Crippen molar-refractivity contribution < 1.29 is 13.2 Å². The van der Waals surface area contributed by atoms with Crippen LogP contribution in [0.3, 0.4) is 0 Å². The van der Waals surface area contributed by atoms with E-state index in [1.807, 2.05) is 13.8 Å². The molecule has 0 aliphatic heterocycles. The minimum atomic E-state index is -3.93. The number of rotatable bonds is 5. The van der Waals surface area contributed by atoms with E-state index in [-0.39, 0.29) is 15.5 Å². The zero-order chi connectivity index (χ0) is 15.5. The van der Waals surface area contributed by atoms with E-state index in [1.54, 1.807) is 0 Å². The quantitative estimate of drug-likeness (QED) is 0.761. The van der Waals surface area contributed by atoms with Gasteiger partial charge in [-0.3, -0.25) is 4.79 Å². The molecule has 0 aliphatic carbocycles. The van der Waals surface area contributed by atoms with Gasteiger partial charge in [0.05, 0.1) is 15.5 Å². The minimum absolute atomic E-state index is 0.0727. The van der Waals surface area contributed by atoms with Crippen LogP contribution in [0.2, 0.25) is 5.02 Å². The fourth-order valence-electron chi connectivity index (χ4n) is 1.38. The summed E-state index contributed by atoms with van der Waals surface area (Å²) in [4.78, 5) is 11.9. The molecule has 0 saturated heterocycles. The van der Waals surface area contributed by atoms with Crippen LogP contribution >= 0.6 is 38.2 Å². The molecule has 1 aromatic carbocycles. The molecule has 112 valence electrons. The molecule has 0 heterocycles. The molecule has 0 spiro atoms. The van der Waals surface area contributed by atoms with E-state index in [1.165, 1.54) is 12.1 Å². The largest absolute Gasteiger partial charge is 0.352 e. The van der Waals surface area contributed by atoms with Crippen LogP contribution in [0, 0.1) is 5.92 Å². The zero-order valence-corrected chi connectivity index (χ0v) is 14.8. The number of carbonyl (C=O) groups is 1. The topological polar surface area (TPSA) is 63.2 Å². The van der Waals surface area contributed by atoms with Crippen molar-refractivity contribution in [2.24, 2.45) is 5.92 Å². The van der Waals surface area contributed by atoms with Gasteiger partial charge in [-0.1, -0.05) is 31.9 Å². The summed E-state index contributed by atoms with van der Waals surface area (Å²) < 4.78 is 23.0. The lowest BCUT2D eigenvalue weighted by atomic mass is 10.1. The standard InChI is InChI=1S/C12H14BrCl2NO3S/c1-3-7(2)6-16-12(17)9-4-8(20(15,18)19)5-10(13)11(9)14/h4-5,7H,3,6H2,1-2H3,(H,16,17). The molecule has 1 N–H and O–H groups in total. The van der Waals surface area contributed by atoms with Crippen molar-refractivity contribution in [1.29, 1.82) is 0 Å². The van der Waals surface area contributed by atoms with Crippen molar-refractivity contribution in [1.82, 2.24) is 5.32 Å². The molecular formula is C12H14BrCl2NO3S. The van der Waals surface area contributed by atoms with E-state index in [0.717, 1.165) is 6.42 Å². The number of carbonyl (C=O) groups excluding carboxylic acids is 1. The molecule has 1 unspecified atom stereocenters. The third-order valence-corrected chi connectivity index (χ3v) is 5.43. The van der Waals surface area contributed by atoms with Crippen LogP contribution < -0.4 is 5.32 Å². The van der Waals surface area contributed by atoms with E-state index in [9.17, 15) is 13.2 Å². The third kappa shape index (κ3) is 4.62. The highest BCUT2D eigenvalue weighted by Crippen LogP contribution is 2.31. The molecule has 1 atom stereocenters. The van der Waals surface area contributed by atoms with Crippen LogP contribution in [0.25, 0.3) is 0 Å². The number of amides is 1. The van der Waals surface area contributed by atoms with Crippen molar-refractivity contribution in [2.75, 3.05) is 6.54 Å². The highest BCUT2D eigenvalue weighted by molar-refractivity contribution is 9.10. The Morgan fingerprint density at radius 2 is 2.05 bits per heavy atom. The van der Waals surface area contributed by atoms with Gasteiger partial charge < -0.3 is 5.32 Å². The highest BCUT2D eigenvalue weighted by atomic mass is 79.9. The van der Waals surface area contributed by atoms with Crippen molar-refractivity contribution in [3.05, 3.63) is 27.2 Å². The smallest absolute Gasteiger partial charge is 0.261 e. The Kier molecular flexibility index (Phi) is 6.31. The first-order valence-electron chi connectivity index (χ1n) is 5.88. The van der Waals surface area contributed by atoms with Gasteiger partial charge in [-0.15, -0.1) is 0 Å². The van der Waals surface area contributed by atoms with Crippen molar-refractivity contribution in [2.45, 2.75) is 25.2 Å². The van der Waals surface area contributed by atoms with E-state index < -0.39 is 15.0 Å². The molecule has 20 heavy (non-hydrogen) atoms. The molecule has 4 nitrogen and oxygen atoms in total. The SMILES string of the molecule is CCC(C)CNC(=O)c1cc(S(=O)(=O)Cl)cc(Br)c1Cl. The lowest BCUT2D eigenvalue weighted by Crippen LogP contribution is -2.28. The van der Waals surface area contributed by atoms with Crippen LogP contribution in [-0.2, 0) is 9.05 Å². The predicted octanol–water partition coefficient (Wildman–Crippen LogP) is 3.81. The Morgan fingerprint density at radius 1 is 1.45 bits per heavy atom. The van der Waals surface area contributed by atoms with Gasteiger partial charge in [0.1, 0.15) is 0 Å². The van der Waals surface area contributed by atoms with Gasteiger partial charge in [0.15, 0.2) is 0 Å². The molecule has 0 radical (unpaired) electrons. The maximum Gasteiger partial charge on any atom is 0.261 e. The molecule has 0 aromatic heterocycles. The van der Waals surface area contributed by atoms with Gasteiger partial charge in [0, 0.05) is 21.7 Å². The molecule has 0 bridgehead atoms. The third-order valence-electron chi connectivity index (χ3n) is 2.84. The van der Waals surface area contributed by atoms with E-state index >= 15 is 0 Å². The van der Waals surface area contributed by atoms with Gasteiger partial charge in [0.2, 0.25) is 0 Å². The Bertz CT molecular complexity index is 619. The van der Waals surface area contributed by atoms with E-state index in [4.69, 9.17) is 22.3 Å². The molecule has 0 fully saturated rings. The van der Waals surface area contributed by atoms with Gasteiger partial charge in [-0.25, -0.2) is 8.42 Å². The number of hydrogen-bond donors (Lipinski definition) is 1. The summed E-state index contributed by atoms with van der Waals surface area (Å²) in [5.41, 5.74) is 0.0727. The number of nitrogens with one attached hydrogen (secondary N) is 1. The van der Waals surface area contributed by atoms with Crippen LogP contribution in [0.15, 0.2) is 21.5 Å². The lowest BCUT2D eigenvalue weighted by molar-refractivity contribution is 0.0947. The molecule has 1 amide bonds. The second-order valence-corrected chi connectivity index (χ2v) is 8.23. The Hall–Kier alpha value is -0.300. The van der Waals surface area contributed by atoms with Crippen molar-refractivity contribution in [3.8, 4) is 0 Å². The maximum absolute atomic E-state index is 12.1. The Labute approximate surface area is 136 Å². The normalized spacial score (nSPS) is 13.1. The summed E-state index contributed by atoms with van der Waals surface area (Å²) in [7, 11) is 1.36. The summed E-state index contributed by atoms with van der Waals surface area (Å²) in [5, 5.41) is 2.86. The average molecular weight is 403 g/mol. The van der Waals surface area contributed by atoms with Crippen molar-refractivity contribution >= 4 is 53.2 Å². The number of hydrogen-bond acceptors (Lipinski definition) is 3. The second kappa shape index (κ2) is 7.11. The molecule has 1 rings (SSSR count). The summed E-state index contributed by atoms with van der Waals surface area (Å²) in [5.74, 6) is -0.112. The fraction of sp³-hybridized carbons (Fsp3) is 0.417. The van der Waals surface area contributed by atoms with E-state index in [2.05, 4.69) is 21.2 Å². The van der Waals surface area contributed by atoms with E-state index in [0.29, 0.717) is 16.9 Å². The number of halogens is 3. The molecule has 0 aliphatic rings. The molecule has 0 saturated carbocycles. The fourth-order valence-corrected chi connectivity index (χ4v) is 2.97. The second-order valence-electron chi connectivity index (χ2n) is 4.43. The van der Waals surface area contributed by atoms with Crippen LogP contribution in [0.5, 0.6) is 0 Å². The van der Waals surface area contributed by atoms with Crippen LogP contribution in [0.4, 0.5) is 0 Å². The lowest BCUT2D eigenvalue weighted by Gasteiger charge is -2.12. The highest BCUT2D eigenvalue weighted by Gasteiger charge is 2.19. The first-order valence-corrected chi connectivity index (χ1v) is 9.36. The number of benzene rings is 1. The zero-order valence-electron chi connectivity index (χ0n) is 10.9. The predicted molar refractivity (Wildman–Crippen MR) is 84.0 cm³/mol. The molecule has 8 heteroatoms. The average Bonchev–Trinajstić information content (AvgIpc) is 2.37. The monoisotopic (exact) mass is 401 g/mol. The first-order chi connectivity index (χ1) is 9.16.